The number of ether oxygens (including phenoxy) is 1. The molecule has 5 aromatic rings. The van der Waals surface area contributed by atoms with Gasteiger partial charge in [-0.15, -0.1) is 18.3 Å². The Bertz CT molecular complexity index is 1490. The number of hydrogen-bond donors (Lipinski definition) is 0. The third kappa shape index (κ3) is 4.48. The van der Waals surface area contributed by atoms with Gasteiger partial charge in [0, 0.05) is 5.56 Å². The van der Waals surface area contributed by atoms with Crippen LogP contribution in [0.4, 0.5) is 13.2 Å². The highest BCUT2D eigenvalue weighted by molar-refractivity contribution is 5.67. The molecule has 10 nitrogen and oxygen atoms in total. The van der Waals surface area contributed by atoms with Gasteiger partial charge in [-0.2, -0.15) is 4.98 Å². The maximum Gasteiger partial charge on any atom is 0.573 e. The van der Waals surface area contributed by atoms with E-state index < -0.39 is 11.9 Å². The zero-order valence-electron chi connectivity index (χ0n) is 17.2. The van der Waals surface area contributed by atoms with Gasteiger partial charge in [0.05, 0.1) is 6.54 Å². The molecular formula is C21H14F3N7O3. The average molecular weight is 469 g/mol. The normalized spacial score (nSPS) is 11.7. The van der Waals surface area contributed by atoms with Gasteiger partial charge < -0.3 is 9.26 Å². The van der Waals surface area contributed by atoms with Crippen molar-refractivity contribution >= 4 is 11.2 Å². The first-order valence-electron chi connectivity index (χ1n) is 9.87. The summed E-state index contributed by atoms with van der Waals surface area (Å²) in [7, 11) is 0. The van der Waals surface area contributed by atoms with Gasteiger partial charge in [-0.3, -0.25) is 9.36 Å². The van der Waals surface area contributed by atoms with Crippen molar-refractivity contribution in [1.82, 2.24) is 34.7 Å². The zero-order chi connectivity index (χ0) is 23.7. The molecule has 0 unspecified atom stereocenters. The van der Waals surface area contributed by atoms with Crippen molar-refractivity contribution in [1.29, 1.82) is 0 Å². The van der Waals surface area contributed by atoms with E-state index in [0.717, 1.165) is 17.7 Å². The number of halogens is 3. The van der Waals surface area contributed by atoms with E-state index in [0.29, 0.717) is 17.8 Å². The van der Waals surface area contributed by atoms with Crippen molar-refractivity contribution in [2.45, 2.75) is 19.5 Å². The first-order chi connectivity index (χ1) is 16.4. The lowest BCUT2D eigenvalue weighted by atomic mass is 10.2. The second kappa shape index (κ2) is 8.42. The molecular weight excluding hydrogens is 455 g/mol. The fourth-order valence-corrected chi connectivity index (χ4v) is 3.25. The summed E-state index contributed by atoms with van der Waals surface area (Å²) in [5, 5.41) is 11.8. The molecule has 0 N–H and O–H groups in total. The number of nitrogens with zero attached hydrogens (tertiary/aromatic N) is 7. The zero-order valence-corrected chi connectivity index (χ0v) is 17.2. The highest BCUT2D eigenvalue weighted by Crippen LogP contribution is 2.25. The van der Waals surface area contributed by atoms with Gasteiger partial charge in [0.25, 0.3) is 5.56 Å². The summed E-state index contributed by atoms with van der Waals surface area (Å²) in [6, 6.07) is 14.6. The standard InChI is InChI=1S/C21H14F3N7O3/c22-21(23,24)33-15-8-6-14(7-9-15)18-26-16(34-28-18)11-30-12-25-19-17(20(30)32)27-29-31(19)10-13-4-2-1-3-5-13/h1-9,12H,10-11H2. The minimum absolute atomic E-state index is 0.0738. The molecule has 5 rings (SSSR count). The second-order valence-electron chi connectivity index (χ2n) is 7.17. The molecule has 2 aromatic carbocycles. The molecule has 0 aliphatic carbocycles. The third-order valence-electron chi connectivity index (χ3n) is 4.79. The molecule has 0 fully saturated rings. The van der Waals surface area contributed by atoms with Crippen LogP contribution in [0.5, 0.6) is 5.75 Å². The van der Waals surface area contributed by atoms with Gasteiger partial charge in [0.15, 0.2) is 11.2 Å². The van der Waals surface area contributed by atoms with Crippen LogP contribution in [0.2, 0.25) is 0 Å². The smallest absolute Gasteiger partial charge is 0.406 e. The summed E-state index contributed by atoms with van der Waals surface area (Å²) in [5.41, 5.74) is 1.40. The van der Waals surface area contributed by atoms with Gasteiger partial charge in [-0.05, 0) is 29.8 Å². The van der Waals surface area contributed by atoms with E-state index >= 15 is 0 Å². The van der Waals surface area contributed by atoms with Gasteiger partial charge in [-0.1, -0.05) is 40.7 Å². The Morgan fingerprint density at radius 2 is 1.76 bits per heavy atom. The van der Waals surface area contributed by atoms with Crippen LogP contribution < -0.4 is 10.3 Å². The fourth-order valence-electron chi connectivity index (χ4n) is 3.25. The number of benzene rings is 2. The van der Waals surface area contributed by atoms with Crippen molar-refractivity contribution in [2.24, 2.45) is 0 Å². The summed E-state index contributed by atoms with van der Waals surface area (Å²) in [6.45, 7) is 0.337. The molecule has 3 heterocycles. The summed E-state index contributed by atoms with van der Waals surface area (Å²) >= 11 is 0. The number of hydrogen-bond acceptors (Lipinski definition) is 8. The van der Waals surface area contributed by atoms with Gasteiger partial charge in [0.2, 0.25) is 11.7 Å². The van der Waals surface area contributed by atoms with Crippen LogP contribution in [-0.4, -0.2) is 41.0 Å². The van der Waals surface area contributed by atoms with Crippen molar-refractivity contribution < 1.29 is 22.4 Å². The van der Waals surface area contributed by atoms with Crippen molar-refractivity contribution in [3.63, 3.8) is 0 Å². The first-order valence-corrected chi connectivity index (χ1v) is 9.87. The molecule has 0 aliphatic rings. The fraction of sp³-hybridized carbons (Fsp3) is 0.143. The Hall–Kier alpha value is -4.55. The van der Waals surface area contributed by atoms with Crippen LogP contribution in [0, 0.1) is 0 Å². The first kappa shape index (κ1) is 21.3. The van der Waals surface area contributed by atoms with Gasteiger partial charge in [0.1, 0.15) is 18.6 Å². The molecule has 0 aliphatic heterocycles. The Labute approximate surface area is 188 Å². The third-order valence-corrected chi connectivity index (χ3v) is 4.79. The predicted molar refractivity (Wildman–Crippen MR) is 111 cm³/mol. The largest absolute Gasteiger partial charge is 0.573 e. The average Bonchev–Trinajstić information content (AvgIpc) is 3.44. The van der Waals surface area contributed by atoms with Crippen molar-refractivity contribution in [3.05, 3.63) is 82.7 Å². The quantitative estimate of drug-likeness (QED) is 0.373. The predicted octanol–water partition coefficient (Wildman–Crippen LogP) is 3.03. The van der Waals surface area contributed by atoms with E-state index in [-0.39, 0.29) is 29.5 Å². The van der Waals surface area contributed by atoms with Crippen LogP contribution in [0.1, 0.15) is 11.5 Å². The minimum Gasteiger partial charge on any atom is -0.406 e. The van der Waals surface area contributed by atoms with E-state index in [1.165, 1.54) is 27.7 Å². The number of aromatic nitrogens is 7. The molecule has 13 heteroatoms. The summed E-state index contributed by atoms with van der Waals surface area (Å²) in [4.78, 5) is 21.3. The van der Waals surface area contributed by atoms with Crippen LogP contribution >= 0.6 is 0 Å². The lowest BCUT2D eigenvalue weighted by molar-refractivity contribution is -0.274. The van der Waals surface area contributed by atoms with E-state index in [1.54, 1.807) is 0 Å². The molecule has 0 saturated carbocycles. The van der Waals surface area contributed by atoms with Crippen LogP contribution in [0.25, 0.3) is 22.6 Å². The van der Waals surface area contributed by atoms with Crippen LogP contribution in [0.3, 0.4) is 0 Å². The van der Waals surface area contributed by atoms with E-state index in [4.69, 9.17) is 4.52 Å². The Kier molecular flexibility index (Phi) is 5.28. The lowest BCUT2D eigenvalue weighted by Gasteiger charge is -2.08. The molecule has 172 valence electrons. The Balaban J connectivity index is 1.34. The van der Waals surface area contributed by atoms with E-state index in [1.807, 2.05) is 30.3 Å². The number of fused-ring (bicyclic) bond motifs is 1. The molecule has 0 bridgehead atoms. The van der Waals surface area contributed by atoms with E-state index in [2.05, 4.69) is 30.2 Å². The molecule has 0 atom stereocenters. The maximum atomic E-state index is 12.8. The number of rotatable bonds is 6. The molecule has 0 spiro atoms. The monoisotopic (exact) mass is 469 g/mol. The summed E-state index contributed by atoms with van der Waals surface area (Å²) in [6.07, 6.45) is -3.45. The molecule has 34 heavy (non-hydrogen) atoms. The SMILES string of the molecule is O=c1c2nnn(Cc3ccccc3)c2ncn1Cc1nc(-c2ccc(OC(F)(F)F)cc2)no1. The number of alkyl halides is 3. The van der Waals surface area contributed by atoms with Crippen molar-refractivity contribution in [2.75, 3.05) is 0 Å². The summed E-state index contributed by atoms with van der Waals surface area (Å²) in [5.74, 6) is -0.124. The molecule has 0 amide bonds. The summed E-state index contributed by atoms with van der Waals surface area (Å²) < 4.78 is 48.7. The van der Waals surface area contributed by atoms with Gasteiger partial charge >= 0.3 is 6.36 Å². The Morgan fingerprint density at radius 1 is 1.00 bits per heavy atom. The maximum absolute atomic E-state index is 12.8. The lowest BCUT2D eigenvalue weighted by Crippen LogP contribution is -2.21. The highest BCUT2D eigenvalue weighted by Gasteiger charge is 2.31. The minimum atomic E-state index is -4.78. The van der Waals surface area contributed by atoms with Crippen LogP contribution in [-0.2, 0) is 13.1 Å². The highest BCUT2D eigenvalue weighted by atomic mass is 19.4. The van der Waals surface area contributed by atoms with Gasteiger partial charge in [-0.25, -0.2) is 9.67 Å². The topological polar surface area (TPSA) is 114 Å². The molecule has 0 radical (unpaired) electrons. The van der Waals surface area contributed by atoms with Crippen molar-refractivity contribution in [3.8, 4) is 17.1 Å². The Morgan fingerprint density at radius 3 is 2.50 bits per heavy atom. The van der Waals surface area contributed by atoms with Crippen LogP contribution in [0.15, 0.2) is 70.2 Å². The van der Waals surface area contributed by atoms with E-state index in [9.17, 15) is 18.0 Å². The molecule has 0 saturated heterocycles. The second-order valence-corrected chi connectivity index (χ2v) is 7.17. The molecule has 3 aromatic heterocycles.